The molecule has 116 valence electrons. The van der Waals surface area contributed by atoms with E-state index in [9.17, 15) is 4.79 Å². The van der Waals surface area contributed by atoms with E-state index in [4.69, 9.17) is 19.9 Å². The van der Waals surface area contributed by atoms with Crippen LogP contribution in [0.2, 0.25) is 0 Å². The van der Waals surface area contributed by atoms with Crippen LogP contribution in [0, 0.1) is 0 Å². The van der Waals surface area contributed by atoms with Gasteiger partial charge >= 0.3 is 5.97 Å². The van der Waals surface area contributed by atoms with Gasteiger partial charge in [0, 0.05) is 12.3 Å². The molecule has 0 radical (unpaired) electrons. The van der Waals surface area contributed by atoms with Crippen molar-refractivity contribution < 1.29 is 19.0 Å². The molecule has 1 aromatic rings. The molecule has 0 amide bonds. The molecule has 21 heavy (non-hydrogen) atoms. The van der Waals surface area contributed by atoms with Crippen molar-refractivity contribution in [1.29, 1.82) is 0 Å². The molecule has 0 saturated carbocycles. The van der Waals surface area contributed by atoms with E-state index in [1.807, 2.05) is 0 Å². The van der Waals surface area contributed by atoms with Gasteiger partial charge in [0.05, 0.1) is 25.7 Å². The number of esters is 1. The molecule has 1 aliphatic rings. The van der Waals surface area contributed by atoms with Crippen molar-refractivity contribution in [2.45, 2.75) is 38.2 Å². The number of benzene rings is 1. The van der Waals surface area contributed by atoms with Crippen LogP contribution in [-0.4, -0.2) is 31.9 Å². The number of ether oxygens (including phenoxy) is 3. The van der Waals surface area contributed by atoms with Crippen molar-refractivity contribution >= 4 is 11.7 Å². The first kappa shape index (κ1) is 15.6. The van der Waals surface area contributed by atoms with Crippen LogP contribution >= 0.6 is 0 Å². The zero-order chi connectivity index (χ0) is 14.9. The Morgan fingerprint density at radius 1 is 1.29 bits per heavy atom. The van der Waals surface area contributed by atoms with Crippen molar-refractivity contribution in [3.8, 4) is 5.75 Å². The lowest BCUT2D eigenvalue weighted by atomic mass is 10.1. The number of rotatable bonds is 8. The lowest BCUT2D eigenvalue weighted by Crippen LogP contribution is -2.12. The molecular weight excluding hydrogens is 270 g/mol. The zero-order valence-corrected chi connectivity index (χ0v) is 12.3. The van der Waals surface area contributed by atoms with Crippen LogP contribution < -0.4 is 10.5 Å². The zero-order valence-electron chi connectivity index (χ0n) is 12.3. The van der Waals surface area contributed by atoms with Crippen LogP contribution in [0.25, 0.3) is 0 Å². The van der Waals surface area contributed by atoms with E-state index in [1.165, 1.54) is 0 Å². The second kappa shape index (κ2) is 8.52. The van der Waals surface area contributed by atoms with Crippen molar-refractivity contribution in [2.75, 3.05) is 25.6 Å². The molecule has 1 saturated heterocycles. The average molecular weight is 293 g/mol. The Kier molecular flexibility index (Phi) is 6.34. The summed E-state index contributed by atoms with van der Waals surface area (Å²) >= 11 is 0. The maximum atomic E-state index is 11.5. The standard InChI is InChI=1S/C16H23NO4/c17-13-5-7-15(8-6-13)20-12-9-16(18)21-11-2-4-14-3-1-10-19-14/h5-8,14H,1-4,9-12,17H2. The van der Waals surface area contributed by atoms with Crippen LogP contribution in [0.4, 0.5) is 5.69 Å². The summed E-state index contributed by atoms with van der Waals surface area (Å²) in [5.41, 5.74) is 6.27. The molecule has 1 unspecified atom stereocenters. The fraction of sp³-hybridized carbons (Fsp3) is 0.562. The van der Waals surface area contributed by atoms with E-state index in [1.54, 1.807) is 24.3 Å². The highest BCUT2D eigenvalue weighted by Gasteiger charge is 2.14. The van der Waals surface area contributed by atoms with Gasteiger partial charge in [-0.3, -0.25) is 4.79 Å². The van der Waals surface area contributed by atoms with Gasteiger partial charge in [-0.05, 0) is 49.9 Å². The third-order valence-corrected chi connectivity index (χ3v) is 3.41. The molecule has 0 aliphatic carbocycles. The predicted octanol–water partition coefficient (Wildman–Crippen LogP) is 2.54. The Hall–Kier alpha value is -1.75. The van der Waals surface area contributed by atoms with Crippen LogP contribution in [-0.2, 0) is 14.3 Å². The lowest BCUT2D eigenvalue weighted by molar-refractivity contribution is -0.144. The lowest BCUT2D eigenvalue weighted by Gasteiger charge is -2.09. The molecular formula is C16H23NO4. The first-order valence-electron chi connectivity index (χ1n) is 7.49. The van der Waals surface area contributed by atoms with Gasteiger partial charge < -0.3 is 19.9 Å². The Bertz CT molecular complexity index is 426. The number of carbonyl (C=O) groups excluding carboxylic acids is 1. The summed E-state index contributed by atoms with van der Waals surface area (Å²) in [6.45, 7) is 1.64. The van der Waals surface area contributed by atoms with E-state index in [2.05, 4.69) is 0 Å². The molecule has 5 nitrogen and oxygen atoms in total. The van der Waals surface area contributed by atoms with Crippen molar-refractivity contribution in [2.24, 2.45) is 0 Å². The smallest absolute Gasteiger partial charge is 0.309 e. The summed E-state index contributed by atoms with van der Waals surface area (Å²) in [6.07, 6.45) is 4.71. The minimum absolute atomic E-state index is 0.224. The molecule has 5 heteroatoms. The van der Waals surface area contributed by atoms with Crippen molar-refractivity contribution in [3.05, 3.63) is 24.3 Å². The SMILES string of the molecule is Nc1ccc(OCCC(=O)OCCCC2CCCO2)cc1. The molecule has 0 aromatic heterocycles. The molecule has 2 rings (SSSR count). The largest absolute Gasteiger partial charge is 0.493 e. The van der Waals surface area contributed by atoms with Gasteiger partial charge in [0.15, 0.2) is 0 Å². The van der Waals surface area contributed by atoms with Crippen molar-refractivity contribution in [3.63, 3.8) is 0 Å². The maximum Gasteiger partial charge on any atom is 0.309 e. The van der Waals surface area contributed by atoms with Crippen LogP contribution in [0.3, 0.4) is 0 Å². The molecule has 1 aromatic carbocycles. The normalized spacial score (nSPS) is 17.6. The maximum absolute atomic E-state index is 11.5. The van der Waals surface area contributed by atoms with Gasteiger partial charge in [0.1, 0.15) is 5.75 Å². The topological polar surface area (TPSA) is 70.8 Å². The first-order chi connectivity index (χ1) is 10.2. The number of nitrogens with two attached hydrogens (primary N) is 1. The Morgan fingerprint density at radius 3 is 2.81 bits per heavy atom. The molecule has 1 heterocycles. The minimum Gasteiger partial charge on any atom is -0.493 e. The highest BCUT2D eigenvalue weighted by Crippen LogP contribution is 2.16. The van der Waals surface area contributed by atoms with Crippen LogP contribution in [0.15, 0.2) is 24.3 Å². The highest BCUT2D eigenvalue weighted by molar-refractivity contribution is 5.69. The quantitative estimate of drug-likeness (QED) is 0.453. The first-order valence-corrected chi connectivity index (χ1v) is 7.49. The molecule has 2 N–H and O–H groups in total. The summed E-state index contributed by atoms with van der Waals surface area (Å²) in [5, 5.41) is 0. The molecule has 0 spiro atoms. The number of hydrogen-bond donors (Lipinski definition) is 1. The van der Waals surface area contributed by atoms with E-state index in [0.29, 0.717) is 30.8 Å². The Balaban J connectivity index is 1.50. The van der Waals surface area contributed by atoms with Gasteiger partial charge in [-0.15, -0.1) is 0 Å². The summed E-state index contributed by atoms with van der Waals surface area (Å²) in [4.78, 5) is 11.5. The number of anilines is 1. The fourth-order valence-electron chi connectivity index (χ4n) is 2.26. The second-order valence-electron chi connectivity index (χ2n) is 5.17. The van der Waals surface area contributed by atoms with Gasteiger partial charge in [-0.25, -0.2) is 0 Å². The van der Waals surface area contributed by atoms with E-state index < -0.39 is 0 Å². The highest BCUT2D eigenvalue weighted by atomic mass is 16.5. The average Bonchev–Trinajstić information content (AvgIpc) is 2.99. The van der Waals surface area contributed by atoms with Gasteiger partial charge in [0.25, 0.3) is 0 Å². The molecule has 1 atom stereocenters. The Morgan fingerprint density at radius 2 is 2.10 bits per heavy atom. The van der Waals surface area contributed by atoms with Gasteiger partial charge in [-0.1, -0.05) is 0 Å². The monoisotopic (exact) mass is 293 g/mol. The molecule has 1 aliphatic heterocycles. The number of hydrogen-bond acceptors (Lipinski definition) is 5. The molecule has 0 bridgehead atoms. The van der Waals surface area contributed by atoms with E-state index >= 15 is 0 Å². The second-order valence-corrected chi connectivity index (χ2v) is 5.17. The van der Waals surface area contributed by atoms with Gasteiger partial charge in [-0.2, -0.15) is 0 Å². The summed E-state index contributed by atoms with van der Waals surface area (Å²) < 4.78 is 16.1. The fourth-order valence-corrected chi connectivity index (χ4v) is 2.26. The minimum atomic E-state index is -0.224. The summed E-state index contributed by atoms with van der Waals surface area (Å²) in [6, 6.07) is 7.09. The van der Waals surface area contributed by atoms with Crippen molar-refractivity contribution in [1.82, 2.24) is 0 Å². The van der Waals surface area contributed by atoms with Crippen LogP contribution in [0.1, 0.15) is 32.1 Å². The predicted molar refractivity (Wildman–Crippen MR) is 80.1 cm³/mol. The third kappa shape index (κ3) is 6.04. The summed E-state index contributed by atoms with van der Waals surface area (Å²) in [7, 11) is 0. The van der Waals surface area contributed by atoms with Crippen LogP contribution in [0.5, 0.6) is 5.75 Å². The van der Waals surface area contributed by atoms with E-state index in [-0.39, 0.29) is 12.4 Å². The molecule has 1 fully saturated rings. The van der Waals surface area contributed by atoms with Gasteiger partial charge in [0.2, 0.25) is 0 Å². The number of nitrogen functional groups attached to an aromatic ring is 1. The summed E-state index contributed by atoms with van der Waals surface area (Å²) in [5.74, 6) is 0.480. The third-order valence-electron chi connectivity index (χ3n) is 3.41. The Labute approximate surface area is 125 Å². The number of carbonyl (C=O) groups is 1. The van der Waals surface area contributed by atoms with E-state index in [0.717, 1.165) is 32.3 Å².